The van der Waals surface area contributed by atoms with Crippen LogP contribution in [0.4, 0.5) is 4.79 Å². The maximum absolute atomic E-state index is 11.3. The highest BCUT2D eigenvalue weighted by molar-refractivity contribution is 5.69. The lowest BCUT2D eigenvalue weighted by atomic mass is 10.2. The topological polar surface area (TPSA) is 38.3 Å². The van der Waals surface area contributed by atoms with Crippen molar-refractivity contribution in [3.63, 3.8) is 0 Å². The molecule has 0 aliphatic heterocycles. The van der Waals surface area contributed by atoms with Crippen molar-refractivity contribution >= 4 is 6.09 Å². The van der Waals surface area contributed by atoms with E-state index in [1.807, 2.05) is 30.3 Å². The van der Waals surface area contributed by atoms with Gasteiger partial charge in [0.15, 0.2) is 0 Å². The largest absolute Gasteiger partial charge is 0.444 e. The molecule has 0 bridgehead atoms. The molecule has 18 heavy (non-hydrogen) atoms. The van der Waals surface area contributed by atoms with Gasteiger partial charge in [-0.15, -0.1) is 0 Å². The molecular formula is C15H19NO2. The number of ether oxygens (including phenoxy) is 1. The monoisotopic (exact) mass is 245 g/mol. The third kappa shape index (κ3) is 6.59. The van der Waals surface area contributed by atoms with E-state index in [9.17, 15) is 4.79 Å². The molecule has 1 aromatic carbocycles. The van der Waals surface area contributed by atoms with E-state index in [1.54, 1.807) is 0 Å². The van der Waals surface area contributed by atoms with Crippen molar-refractivity contribution in [2.75, 3.05) is 0 Å². The molecule has 0 saturated carbocycles. The molecule has 0 unspecified atom stereocenters. The van der Waals surface area contributed by atoms with Crippen molar-refractivity contribution in [1.29, 1.82) is 0 Å². The molecule has 0 spiro atoms. The Labute approximate surface area is 109 Å². The summed E-state index contributed by atoms with van der Waals surface area (Å²) in [6, 6.07) is 12.2. The van der Waals surface area contributed by atoms with Crippen molar-refractivity contribution in [3.8, 4) is 12.0 Å². The summed E-state index contributed by atoms with van der Waals surface area (Å²) in [6.07, 6.45) is 3.74. The van der Waals surface area contributed by atoms with E-state index in [-0.39, 0.29) is 6.61 Å². The molecule has 1 rings (SSSR count). The molecule has 1 aromatic rings. The Balaban J connectivity index is 2.14. The normalized spacial score (nSPS) is 9.17. The lowest BCUT2D eigenvalue weighted by Crippen LogP contribution is -2.18. The number of alkyl carbamates (subject to hydrolysis) is 1. The first-order valence-corrected chi connectivity index (χ1v) is 6.27. The third-order valence-electron chi connectivity index (χ3n) is 2.37. The van der Waals surface area contributed by atoms with Crippen LogP contribution in [0.15, 0.2) is 30.3 Å². The first-order chi connectivity index (χ1) is 8.83. The third-order valence-corrected chi connectivity index (χ3v) is 2.37. The van der Waals surface area contributed by atoms with Gasteiger partial charge in [-0.1, -0.05) is 56.0 Å². The number of rotatable bonds is 5. The van der Waals surface area contributed by atoms with Crippen molar-refractivity contribution < 1.29 is 9.53 Å². The van der Waals surface area contributed by atoms with Crippen LogP contribution < -0.4 is 5.32 Å². The fraction of sp³-hybridized carbons (Fsp3) is 0.400. The lowest BCUT2D eigenvalue weighted by Gasteiger charge is -2.02. The highest BCUT2D eigenvalue weighted by Crippen LogP contribution is 2.00. The number of carbonyl (C=O) groups excluding carboxylic acids is 1. The zero-order chi connectivity index (χ0) is 13.1. The predicted molar refractivity (Wildman–Crippen MR) is 71.7 cm³/mol. The standard InChI is InChI=1S/C15H19NO2/c1-2-3-4-5-9-12-16-15(17)18-13-14-10-7-6-8-11-14/h6-8,10-11H,2-5,13H2,1H3,(H,16,17). The molecule has 0 saturated heterocycles. The maximum Gasteiger partial charge on any atom is 0.419 e. The van der Waals surface area contributed by atoms with Gasteiger partial charge in [0.2, 0.25) is 0 Å². The molecule has 0 radical (unpaired) electrons. The van der Waals surface area contributed by atoms with Gasteiger partial charge in [-0.25, -0.2) is 10.1 Å². The van der Waals surface area contributed by atoms with Gasteiger partial charge in [0.05, 0.1) is 0 Å². The highest BCUT2D eigenvalue weighted by Gasteiger charge is 1.98. The van der Waals surface area contributed by atoms with E-state index in [0.29, 0.717) is 0 Å². The molecule has 1 N–H and O–H groups in total. The summed E-state index contributed by atoms with van der Waals surface area (Å²) < 4.78 is 5.00. The van der Waals surface area contributed by atoms with E-state index in [2.05, 4.69) is 24.2 Å². The smallest absolute Gasteiger partial charge is 0.419 e. The molecule has 0 aliphatic carbocycles. The molecule has 3 nitrogen and oxygen atoms in total. The number of benzene rings is 1. The SMILES string of the molecule is CCCCCC#CNC(=O)OCc1ccccc1. The Morgan fingerprint density at radius 3 is 2.78 bits per heavy atom. The van der Waals surface area contributed by atoms with Crippen LogP contribution >= 0.6 is 0 Å². The fourth-order valence-electron chi connectivity index (χ4n) is 1.38. The van der Waals surface area contributed by atoms with Gasteiger partial charge in [0, 0.05) is 12.5 Å². The minimum absolute atomic E-state index is 0.268. The predicted octanol–water partition coefficient (Wildman–Crippen LogP) is 3.45. The van der Waals surface area contributed by atoms with Crippen molar-refractivity contribution in [1.82, 2.24) is 5.32 Å². The van der Waals surface area contributed by atoms with Crippen molar-refractivity contribution in [2.24, 2.45) is 0 Å². The minimum atomic E-state index is -0.498. The number of unbranched alkanes of at least 4 members (excludes halogenated alkanes) is 3. The van der Waals surface area contributed by atoms with E-state index in [0.717, 1.165) is 18.4 Å². The summed E-state index contributed by atoms with van der Waals surface area (Å²) in [5, 5.41) is 2.41. The van der Waals surface area contributed by atoms with Gasteiger partial charge in [0.25, 0.3) is 0 Å². The van der Waals surface area contributed by atoms with Crippen LogP contribution in [0, 0.1) is 12.0 Å². The lowest BCUT2D eigenvalue weighted by molar-refractivity contribution is 0.144. The number of carbonyl (C=O) groups is 1. The summed E-state index contributed by atoms with van der Waals surface area (Å²) in [6.45, 7) is 2.41. The second-order valence-electron chi connectivity index (χ2n) is 3.95. The van der Waals surface area contributed by atoms with Crippen LogP contribution in [-0.2, 0) is 11.3 Å². The maximum atomic E-state index is 11.3. The fourth-order valence-corrected chi connectivity index (χ4v) is 1.38. The van der Waals surface area contributed by atoms with Crippen LogP contribution in [0.3, 0.4) is 0 Å². The van der Waals surface area contributed by atoms with Crippen LogP contribution in [0.25, 0.3) is 0 Å². The molecule has 96 valence electrons. The summed E-state index contributed by atoms with van der Waals surface area (Å²) in [7, 11) is 0. The Hall–Kier alpha value is -1.95. The Morgan fingerprint density at radius 2 is 2.06 bits per heavy atom. The van der Waals surface area contributed by atoms with E-state index < -0.39 is 6.09 Å². The molecular weight excluding hydrogens is 226 g/mol. The molecule has 3 heteroatoms. The van der Waals surface area contributed by atoms with Gasteiger partial charge in [-0.3, -0.25) is 0 Å². The Morgan fingerprint density at radius 1 is 1.28 bits per heavy atom. The quantitative estimate of drug-likeness (QED) is 0.490. The zero-order valence-corrected chi connectivity index (χ0v) is 10.7. The Kier molecular flexibility index (Phi) is 7.15. The molecule has 0 fully saturated rings. The molecule has 0 aromatic heterocycles. The van der Waals surface area contributed by atoms with Crippen molar-refractivity contribution in [2.45, 2.75) is 39.2 Å². The van der Waals surface area contributed by atoms with Crippen LogP contribution in [-0.4, -0.2) is 6.09 Å². The van der Waals surface area contributed by atoms with E-state index in [4.69, 9.17) is 4.74 Å². The van der Waals surface area contributed by atoms with E-state index >= 15 is 0 Å². The molecule has 0 atom stereocenters. The van der Waals surface area contributed by atoms with Crippen LogP contribution in [0.2, 0.25) is 0 Å². The number of hydrogen-bond donors (Lipinski definition) is 1. The molecule has 0 aliphatic rings. The van der Waals surface area contributed by atoms with Gasteiger partial charge in [-0.05, 0) is 12.0 Å². The summed E-state index contributed by atoms with van der Waals surface area (Å²) in [5.41, 5.74) is 0.962. The average molecular weight is 245 g/mol. The first kappa shape index (κ1) is 14.1. The minimum Gasteiger partial charge on any atom is -0.444 e. The average Bonchev–Trinajstić information content (AvgIpc) is 2.41. The van der Waals surface area contributed by atoms with Gasteiger partial charge in [0.1, 0.15) is 6.61 Å². The summed E-state index contributed by atoms with van der Waals surface area (Å²) >= 11 is 0. The van der Waals surface area contributed by atoms with Gasteiger partial charge in [-0.2, -0.15) is 0 Å². The second-order valence-corrected chi connectivity index (χ2v) is 3.95. The number of nitrogens with one attached hydrogen (secondary N) is 1. The zero-order valence-electron chi connectivity index (χ0n) is 10.7. The molecule has 1 amide bonds. The van der Waals surface area contributed by atoms with Crippen molar-refractivity contribution in [3.05, 3.63) is 35.9 Å². The molecule has 0 heterocycles. The van der Waals surface area contributed by atoms with E-state index in [1.165, 1.54) is 12.8 Å². The van der Waals surface area contributed by atoms with Gasteiger partial charge < -0.3 is 4.74 Å². The summed E-state index contributed by atoms with van der Waals surface area (Å²) in [5.74, 6) is 2.89. The first-order valence-electron chi connectivity index (χ1n) is 6.27. The number of amides is 1. The highest BCUT2D eigenvalue weighted by atomic mass is 16.5. The summed E-state index contributed by atoms with van der Waals surface area (Å²) in [4.78, 5) is 11.3. The number of hydrogen-bond acceptors (Lipinski definition) is 2. The van der Waals surface area contributed by atoms with Crippen LogP contribution in [0.5, 0.6) is 0 Å². The van der Waals surface area contributed by atoms with Crippen LogP contribution in [0.1, 0.15) is 38.2 Å². The Bertz CT molecular complexity index is 403. The van der Waals surface area contributed by atoms with Gasteiger partial charge >= 0.3 is 6.09 Å². The second kappa shape index (κ2) is 9.12.